The van der Waals surface area contributed by atoms with Crippen molar-refractivity contribution in [2.24, 2.45) is 0 Å². The molecule has 0 saturated heterocycles. The van der Waals surface area contributed by atoms with Crippen LogP contribution in [-0.2, 0) is 4.79 Å². The van der Waals surface area contributed by atoms with Crippen molar-refractivity contribution in [2.75, 3.05) is 18.4 Å². The van der Waals surface area contributed by atoms with E-state index < -0.39 is 25.0 Å². The van der Waals surface area contributed by atoms with Crippen LogP contribution in [0, 0.1) is 0 Å². The summed E-state index contributed by atoms with van der Waals surface area (Å²) in [6, 6.07) is 8.95. The summed E-state index contributed by atoms with van der Waals surface area (Å²) in [5.74, 6) is -0.460. The highest BCUT2D eigenvalue weighted by Crippen LogP contribution is 2.18. The van der Waals surface area contributed by atoms with Crippen molar-refractivity contribution in [2.45, 2.75) is 12.6 Å². The van der Waals surface area contributed by atoms with Crippen LogP contribution in [0.5, 0.6) is 0 Å². The molecule has 0 aliphatic rings. The summed E-state index contributed by atoms with van der Waals surface area (Å²) in [7, 11) is 0. The molecule has 0 radical (unpaired) electrons. The summed E-state index contributed by atoms with van der Waals surface area (Å²) in [4.78, 5) is 11.2. The van der Waals surface area contributed by atoms with Crippen molar-refractivity contribution >= 4 is 11.6 Å². The predicted molar refractivity (Wildman–Crippen MR) is 58.6 cm³/mol. The van der Waals surface area contributed by atoms with Crippen molar-refractivity contribution in [3.8, 4) is 0 Å². The summed E-state index contributed by atoms with van der Waals surface area (Å²) >= 11 is 0. The lowest BCUT2D eigenvalue weighted by atomic mass is 10.3. The van der Waals surface area contributed by atoms with Gasteiger partial charge in [-0.2, -0.15) is 13.2 Å². The van der Waals surface area contributed by atoms with Crippen LogP contribution in [0.25, 0.3) is 0 Å². The molecule has 0 heterocycles. The van der Waals surface area contributed by atoms with E-state index in [4.69, 9.17) is 0 Å². The van der Waals surface area contributed by atoms with Crippen LogP contribution in [0.1, 0.15) is 6.42 Å². The van der Waals surface area contributed by atoms with Gasteiger partial charge in [0.1, 0.15) is 0 Å². The van der Waals surface area contributed by atoms with E-state index in [0.29, 0.717) is 0 Å². The molecule has 0 aliphatic heterocycles. The number of carbonyl (C=O) groups excluding carboxylic acids is 1. The van der Waals surface area contributed by atoms with Crippen LogP contribution in [0.2, 0.25) is 0 Å². The zero-order valence-corrected chi connectivity index (χ0v) is 9.05. The highest BCUT2D eigenvalue weighted by atomic mass is 19.4. The van der Waals surface area contributed by atoms with E-state index in [2.05, 4.69) is 10.6 Å². The van der Waals surface area contributed by atoms with Crippen LogP contribution >= 0.6 is 0 Å². The molecule has 0 spiro atoms. The lowest BCUT2D eigenvalue weighted by Gasteiger charge is -2.09. The second kappa shape index (κ2) is 6.12. The highest BCUT2D eigenvalue weighted by Gasteiger charge is 2.26. The third-order valence-corrected chi connectivity index (χ3v) is 1.96. The molecule has 0 bridgehead atoms. The topological polar surface area (TPSA) is 41.1 Å². The number of amides is 1. The van der Waals surface area contributed by atoms with E-state index in [1.54, 1.807) is 24.3 Å². The standard InChI is InChI=1S/C11H13F3N2O/c12-11(13,14)6-7-15-10(17)8-16-9-4-2-1-3-5-9/h1-5,16H,6-8H2,(H,15,17). The molecule has 17 heavy (non-hydrogen) atoms. The Kier molecular flexibility index (Phi) is 4.81. The van der Waals surface area contributed by atoms with Gasteiger partial charge in [-0.1, -0.05) is 18.2 Å². The zero-order valence-electron chi connectivity index (χ0n) is 9.05. The molecular formula is C11H13F3N2O. The van der Waals surface area contributed by atoms with Gasteiger partial charge in [-0.3, -0.25) is 4.79 Å². The fourth-order valence-corrected chi connectivity index (χ4v) is 1.14. The molecule has 1 rings (SSSR count). The Bertz CT molecular complexity index is 351. The first-order valence-corrected chi connectivity index (χ1v) is 5.10. The first-order chi connectivity index (χ1) is 7.97. The average molecular weight is 246 g/mol. The Morgan fingerprint density at radius 3 is 2.41 bits per heavy atom. The Morgan fingerprint density at radius 1 is 1.18 bits per heavy atom. The molecule has 0 aliphatic carbocycles. The lowest BCUT2D eigenvalue weighted by Crippen LogP contribution is -2.32. The van der Waals surface area contributed by atoms with E-state index in [1.807, 2.05) is 6.07 Å². The van der Waals surface area contributed by atoms with Crippen LogP contribution in [0.15, 0.2) is 30.3 Å². The molecule has 1 amide bonds. The normalized spacial score (nSPS) is 11.0. The van der Waals surface area contributed by atoms with E-state index in [1.165, 1.54) is 0 Å². The van der Waals surface area contributed by atoms with Crippen LogP contribution in [0.4, 0.5) is 18.9 Å². The molecule has 0 atom stereocenters. The zero-order chi connectivity index (χ0) is 12.7. The summed E-state index contributed by atoms with van der Waals surface area (Å²) in [6.07, 6.45) is -5.25. The number of anilines is 1. The largest absolute Gasteiger partial charge is 0.390 e. The molecule has 1 aromatic rings. The molecular weight excluding hydrogens is 233 g/mol. The summed E-state index contributed by atoms with van der Waals surface area (Å²) in [6.45, 7) is -0.430. The minimum atomic E-state index is -4.24. The van der Waals surface area contributed by atoms with Gasteiger partial charge < -0.3 is 10.6 Å². The first-order valence-electron chi connectivity index (χ1n) is 5.10. The minimum Gasteiger partial charge on any atom is -0.376 e. The van der Waals surface area contributed by atoms with Gasteiger partial charge in [0.2, 0.25) is 5.91 Å². The second-order valence-electron chi connectivity index (χ2n) is 3.43. The highest BCUT2D eigenvalue weighted by molar-refractivity contribution is 5.80. The SMILES string of the molecule is O=C(CNc1ccccc1)NCCC(F)(F)F. The maximum Gasteiger partial charge on any atom is 0.390 e. The molecule has 3 nitrogen and oxygen atoms in total. The van der Waals surface area contributed by atoms with Gasteiger partial charge in [0, 0.05) is 12.2 Å². The molecule has 0 saturated carbocycles. The second-order valence-corrected chi connectivity index (χ2v) is 3.43. The summed E-state index contributed by atoms with van der Waals surface area (Å²) < 4.78 is 35.4. The van der Waals surface area contributed by atoms with Crippen LogP contribution < -0.4 is 10.6 Å². The number of para-hydroxylation sites is 1. The van der Waals surface area contributed by atoms with Crippen molar-refractivity contribution in [1.82, 2.24) is 5.32 Å². The van der Waals surface area contributed by atoms with Gasteiger partial charge in [-0.05, 0) is 12.1 Å². The molecule has 94 valence electrons. The number of benzene rings is 1. The number of hydrogen-bond donors (Lipinski definition) is 2. The smallest absolute Gasteiger partial charge is 0.376 e. The van der Waals surface area contributed by atoms with Gasteiger partial charge >= 0.3 is 6.18 Å². The molecule has 6 heteroatoms. The predicted octanol–water partition coefficient (Wildman–Crippen LogP) is 2.17. The number of hydrogen-bond acceptors (Lipinski definition) is 2. The molecule has 0 fully saturated rings. The number of nitrogens with one attached hydrogen (secondary N) is 2. The summed E-state index contributed by atoms with van der Waals surface area (Å²) in [5, 5.41) is 4.99. The number of halogens is 3. The van der Waals surface area contributed by atoms with Crippen molar-refractivity contribution < 1.29 is 18.0 Å². The third-order valence-electron chi connectivity index (χ3n) is 1.96. The average Bonchev–Trinajstić information content (AvgIpc) is 2.26. The van der Waals surface area contributed by atoms with Gasteiger partial charge in [0.05, 0.1) is 13.0 Å². The molecule has 2 N–H and O–H groups in total. The van der Waals surface area contributed by atoms with Gasteiger partial charge in [-0.15, -0.1) is 0 Å². The van der Waals surface area contributed by atoms with Crippen LogP contribution in [0.3, 0.4) is 0 Å². The number of alkyl halides is 3. The van der Waals surface area contributed by atoms with E-state index in [9.17, 15) is 18.0 Å². The van der Waals surface area contributed by atoms with Crippen molar-refractivity contribution in [1.29, 1.82) is 0 Å². The fourth-order valence-electron chi connectivity index (χ4n) is 1.14. The minimum absolute atomic E-state index is 0.0398. The van der Waals surface area contributed by atoms with Crippen molar-refractivity contribution in [3.63, 3.8) is 0 Å². The monoisotopic (exact) mass is 246 g/mol. The van der Waals surface area contributed by atoms with Gasteiger partial charge in [0.15, 0.2) is 0 Å². The Labute approximate surface area is 97.0 Å². The molecule has 0 unspecified atom stereocenters. The van der Waals surface area contributed by atoms with E-state index >= 15 is 0 Å². The Morgan fingerprint density at radius 2 is 1.82 bits per heavy atom. The fraction of sp³-hybridized carbons (Fsp3) is 0.364. The molecule has 1 aromatic carbocycles. The van der Waals surface area contributed by atoms with Crippen LogP contribution in [-0.4, -0.2) is 25.2 Å². The van der Waals surface area contributed by atoms with Gasteiger partial charge in [-0.25, -0.2) is 0 Å². The molecule has 0 aromatic heterocycles. The number of rotatable bonds is 5. The quantitative estimate of drug-likeness (QED) is 0.836. The summed E-state index contributed by atoms with van der Waals surface area (Å²) in [5.41, 5.74) is 0.749. The lowest BCUT2D eigenvalue weighted by molar-refractivity contribution is -0.135. The third kappa shape index (κ3) is 6.44. The number of carbonyl (C=O) groups is 1. The Hall–Kier alpha value is -1.72. The van der Waals surface area contributed by atoms with Gasteiger partial charge in [0.25, 0.3) is 0 Å². The van der Waals surface area contributed by atoms with Crippen molar-refractivity contribution in [3.05, 3.63) is 30.3 Å². The Balaban J connectivity index is 2.18. The maximum atomic E-state index is 11.8. The van der Waals surface area contributed by atoms with E-state index in [0.717, 1.165) is 5.69 Å². The maximum absolute atomic E-state index is 11.8. The van der Waals surface area contributed by atoms with E-state index in [-0.39, 0.29) is 6.54 Å². The first kappa shape index (κ1) is 13.3.